The van der Waals surface area contributed by atoms with Gasteiger partial charge in [-0.3, -0.25) is 37.8 Å². The molecule has 0 aliphatic heterocycles. The molecule has 4 aromatic carbocycles. The topological polar surface area (TPSA) is 367 Å². The molecule has 22 nitrogen and oxygen atoms in total. The van der Waals surface area contributed by atoms with Gasteiger partial charge in [0, 0.05) is 23.3 Å². The summed E-state index contributed by atoms with van der Waals surface area (Å²) in [6.45, 7) is 0.984. The van der Waals surface area contributed by atoms with Gasteiger partial charge in [0.15, 0.2) is 5.71 Å². The van der Waals surface area contributed by atoms with Crippen molar-refractivity contribution in [1.29, 1.82) is 0 Å². The molecule has 1 aliphatic rings. The van der Waals surface area contributed by atoms with Crippen LogP contribution in [0.5, 0.6) is 0 Å². The molecule has 0 heterocycles. The third-order valence-corrected chi connectivity index (χ3v) is 11.7. The Kier molecular flexibility index (Phi) is 19.3. The zero-order chi connectivity index (χ0) is 41.1. The summed E-state index contributed by atoms with van der Waals surface area (Å²) in [6, 6.07) is 8.71. The van der Waals surface area contributed by atoms with Crippen LogP contribution in [0.2, 0.25) is 0 Å². The number of ketones is 1. The summed E-state index contributed by atoms with van der Waals surface area (Å²) in [5.74, 6) is -2.37. The molecule has 1 amide bonds. The molecule has 59 heavy (non-hydrogen) atoms. The fraction of sp³-hybridized carbons (Fsp3) is 0.0357. The summed E-state index contributed by atoms with van der Waals surface area (Å²) < 4.78 is 171. The Morgan fingerprint density at radius 2 is 1.15 bits per heavy atom. The normalized spacial score (nSPS) is 13.9. The number of hydrazone groups is 1. The van der Waals surface area contributed by atoms with Gasteiger partial charge in [-0.15, -0.1) is 5.11 Å². The Morgan fingerprint density at radius 1 is 0.610 bits per heavy atom. The third kappa shape index (κ3) is 12.9. The molecule has 0 unspecified atom stereocenters. The Bertz CT molecular complexity index is 3050. The number of azo groups is 1. The maximum atomic E-state index is 13.9. The predicted octanol–water partition coefficient (Wildman–Crippen LogP) is 0.499. The number of amides is 1. The van der Waals surface area contributed by atoms with Crippen molar-refractivity contribution in [3.8, 4) is 0 Å². The van der Waals surface area contributed by atoms with Crippen LogP contribution in [0.25, 0.3) is 16.8 Å². The van der Waals surface area contributed by atoms with E-state index >= 15 is 0 Å². The van der Waals surface area contributed by atoms with E-state index in [1.165, 1.54) is 0 Å². The van der Waals surface area contributed by atoms with Gasteiger partial charge in [0.1, 0.15) is 14.7 Å². The van der Waals surface area contributed by atoms with Gasteiger partial charge in [0.2, 0.25) is 11.7 Å². The second-order valence-corrected chi connectivity index (χ2v) is 18.0. The molecule has 0 atom stereocenters. The molecule has 0 fully saturated rings. The van der Waals surface area contributed by atoms with E-state index in [0.29, 0.717) is 24.3 Å². The average molecular weight is 956 g/mol. The van der Waals surface area contributed by atoms with Crippen LogP contribution in [-0.4, -0.2) is 200 Å². The Morgan fingerprint density at radius 3 is 1.64 bits per heavy atom. The number of hydrogen-bond acceptors (Lipinski definition) is 16. The first kappa shape index (κ1) is 55.7. The number of carbonyl (C=O) groups is 2. The van der Waals surface area contributed by atoms with Gasteiger partial charge in [0.25, 0.3) is 50.6 Å². The van der Waals surface area contributed by atoms with Gasteiger partial charge >= 0.3 is 118 Å². The molecule has 5 rings (SSSR count). The molecule has 298 valence electrons. The van der Waals surface area contributed by atoms with Crippen LogP contribution in [0.15, 0.2) is 100 Å². The van der Waals surface area contributed by atoms with Crippen molar-refractivity contribution in [3.05, 3.63) is 76.7 Å². The number of Topliss-reactive ketones (excluding diaryl/α,β-unsaturated/α-hetero) is 1. The van der Waals surface area contributed by atoms with E-state index < -0.39 is 126 Å². The number of nitrogens with one attached hydrogen (secondary N) is 2. The number of fused-ring (bicyclic) bond motifs is 2. The summed E-state index contributed by atoms with van der Waals surface area (Å²) in [7, 11) is -25.9. The van der Waals surface area contributed by atoms with Crippen molar-refractivity contribution < 1.29 is 74.4 Å². The molecule has 7 N–H and O–H groups in total. The first-order valence-corrected chi connectivity index (χ1v) is 21.4. The number of anilines is 2. The summed E-state index contributed by atoms with van der Waals surface area (Å²) in [5.41, 5.74) is -2.75. The fourth-order valence-electron chi connectivity index (χ4n) is 5.07. The Labute approximate surface area is 423 Å². The van der Waals surface area contributed by atoms with Crippen LogP contribution in [0, 0.1) is 0 Å². The van der Waals surface area contributed by atoms with Crippen molar-refractivity contribution in [2.45, 2.75) is 26.5 Å². The van der Waals surface area contributed by atoms with Crippen molar-refractivity contribution in [2.75, 3.05) is 10.7 Å². The van der Waals surface area contributed by atoms with E-state index in [1.807, 2.05) is 5.43 Å². The summed E-state index contributed by atoms with van der Waals surface area (Å²) in [4.78, 5) is 20.7. The van der Waals surface area contributed by atoms with Gasteiger partial charge in [-0.05, 0) is 60.7 Å². The first-order chi connectivity index (χ1) is 25.2. The Hall–Kier alpha value is -1.36. The molecular weight excluding hydrogens is 931 g/mol. The monoisotopic (exact) mass is 955 g/mol. The van der Waals surface area contributed by atoms with Crippen LogP contribution in [0.3, 0.4) is 0 Å². The zero-order valence-electron chi connectivity index (χ0n) is 26.9. The predicted molar refractivity (Wildman–Crippen MR) is 218 cm³/mol. The van der Waals surface area contributed by atoms with Gasteiger partial charge in [-0.2, -0.15) is 52.3 Å². The van der Waals surface area contributed by atoms with Crippen LogP contribution in [0.1, 0.15) is 22.8 Å². The van der Waals surface area contributed by atoms with E-state index in [0.717, 1.165) is 49.4 Å². The number of rotatable bonds is 10. The minimum atomic E-state index is -5.56. The number of allylic oxidation sites excluding steroid dienone is 1. The fourth-order valence-corrected chi connectivity index (χ4v) is 8.06. The van der Waals surface area contributed by atoms with Gasteiger partial charge in [0.05, 0.1) is 38.1 Å². The minimum absolute atomic E-state index is 0. The van der Waals surface area contributed by atoms with Gasteiger partial charge in [-0.25, -0.2) is 0 Å². The molecule has 0 saturated carbocycles. The molecule has 31 heteroatoms. The number of hydrogen-bond donors (Lipinski definition) is 7. The van der Waals surface area contributed by atoms with E-state index in [-0.39, 0.29) is 129 Å². The van der Waals surface area contributed by atoms with Crippen molar-refractivity contribution >= 4 is 226 Å². The molecule has 0 spiro atoms. The maximum absolute atomic E-state index is 13.9. The van der Waals surface area contributed by atoms with E-state index in [1.54, 1.807) is 0 Å². The molecular formula is C28H25N5Na4O17S5. The van der Waals surface area contributed by atoms with Crippen LogP contribution in [0.4, 0.5) is 22.7 Å². The van der Waals surface area contributed by atoms with Crippen molar-refractivity contribution in [2.24, 2.45) is 15.3 Å². The van der Waals surface area contributed by atoms with Crippen LogP contribution in [-0.2, 0) is 55.4 Å². The Balaban J connectivity index is 0.00000435. The molecule has 0 saturated heterocycles. The van der Waals surface area contributed by atoms with Crippen molar-refractivity contribution in [3.63, 3.8) is 0 Å². The van der Waals surface area contributed by atoms with E-state index in [4.69, 9.17) is 0 Å². The summed E-state index contributed by atoms with van der Waals surface area (Å²) >= 11 is 0. The van der Waals surface area contributed by atoms with E-state index in [9.17, 15) is 74.4 Å². The molecule has 0 bridgehead atoms. The zero-order valence-corrected chi connectivity index (χ0v) is 31.0. The molecule has 1 aliphatic carbocycles. The van der Waals surface area contributed by atoms with Crippen LogP contribution < -0.4 is 10.7 Å². The standard InChI is InChI=1S/C28H21N5O17S5.4Na.4H/c1-13(34)29-20-8-9-22(53(42,43)44)19-11-23(54(45,46)47)27(28(35)25(19)20)33-32-26-18-10-16(52(39,40)41)6-7-17(18)21(12-24(26)55(48,49)50)31-30-14-2-4-15(5-3-14)51(36,37)38;;;;;;;;/h2-12,32H,1H3,(H,29,34)(H,36,37,38)(H,39,40,41)(H,42,43,44)(H,45,46,47)(H,48,49,50);;;;;;;;/b31-30?,33-27+;;;;;;;;. The van der Waals surface area contributed by atoms with Gasteiger partial charge < -0.3 is 5.32 Å². The third-order valence-electron chi connectivity index (χ3n) is 7.34. The number of carbonyl (C=O) groups excluding carboxylic acids is 2. The molecule has 4 aromatic rings. The summed E-state index contributed by atoms with van der Waals surface area (Å²) in [5, 5.41) is 12.8. The quantitative estimate of drug-likeness (QED) is 0.0492. The van der Waals surface area contributed by atoms with Crippen LogP contribution >= 0.6 is 0 Å². The molecule has 0 aromatic heterocycles. The number of nitrogens with zero attached hydrogens (tertiary/aromatic N) is 3. The van der Waals surface area contributed by atoms with Gasteiger partial charge in [-0.1, -0.05) is 6.07 Å². The van der Waals surface area contributed by atoms with E-state index in [2.05, 4.69) is 20.6 Å². The van der Waals surface area contributed by atoms with Crippen molar-refractivity contribution in [1.82, 2.24) is 0 Å². The molecule has 0 radical (unpaired) electrons. The first-order valence-electron chi connectivity index (χ1n) is 14.2. The second-order valence-electron chi connectivity index (χ2n) is 11.0. The second kappa shape index (κ2) is 20.4. The SMILES string of the molecule is CC(=O)Nc1ccc(S(=O)(=O)O)c2c1C(=O)/C(=N/Nc1c(S(=O)(=O)O)cc(N=Nc3ccc(S(=O)(=O)O)cc3)c3ccc(S(=O)(=O)O)cc13)C(S(=O)(=O)O)=C2.[NaH].[NaH].[NaH].[NaH]. The number of benzene rings is 4. The summed E-state index contributed by atoms with van der Waals surface area (Å²) in [6.07, 6.45) is 0.394. The average Bonchev–Trinajstić information content (AvgIpc) is 3.04.